The Bertz CT molecular complexity index is 187. The summed E-state index contributed by atoms with van der Waals surface area (Å²) in [5, 5.41) is 9.62. The van der Waals surface area contributed by atoms with Crippen molar-refractivity contribution in [1.82, 2.24) is 0 Å². The quantitative estimate of drug-likeness (QED) is 0.511. The van der Waals surface area contributed by atoms with Crippen LogP contribution >= 0.6 is 0 Å². The fourth-order valence-electron chi connectivity index (χ4n) is 1.75. The molecule has 1 aliphatic rings. The second-order valence-corrected chi connectivity index (χ2v) is 3.88. The zero-order chi connectivity index (χ0) is 9.52. The van der Waals surface area contributed by atoms with E-state index in [0.29, 0.717) is 0 Å². The van der Waals surface area contributed by atoms with E-state index in [-0.39, 0.29) is 12.0 Å². The summed E-state index contributed by atoms with van der Waals surface area (Å²) in [5.41, 5.74) is 0. The highest BCUT2D eigenvalue weighted by atomic mass is 16.3. The van der Waals surface area contributed by atoms with Crippen molar-refractivity contribution >= 4 is 0 Å². The Kier molecular flexibility index (Phi) is 4.93. The smallest absolute Gasteiger partial charge is 0.0677 e. The lowest BCUT2D eigenvalue weighted by Crippen LogP contribution is -2.22. The predicted octanol–water partition coefficient (Wildman–Crippen LogP) is 2.73. The molecule has 0 bridgehead atoms. The maximum Gasteiger partial charge on any atom is 0.0677 e. The molecule has 1 N–H and O–H groups in total. The normalized spacial score (nSPS) is 27.8. The van der Waals surface area contributed by atoms with Crippen molar-refractivity contribution in [2.75, 3.05) is 0 Å². The van der Waals surface area contributed by atoms with Gasteiger partial charge in [0.2, 0.25) is 0 Å². The van der Waals surface area contributed by atoms with E-state index in [1.165, 1.54) is 25.7 Å². The van der Waals surface area contributed by atoms with Crippen molar-refractivity contribution in [2.24, 2.45) is 5.92 Å². The van der Waals surface area contributed by atoms with Crippen molar-refractivity contribution in [1.29, 1.82) is 0 Å². The molecule has 0 aliphatic heterocycles. The lowest BCUT2D eigenvalue weighted by atomic mass is 9.87. The van der Waals surface area contributed by atoms with Gasteiger partial charge in [-0.3, -0.25) is 0 Å². The van der Waals surface area contributed by atoms with Crippen LogP contribution in [0.5, 0.6) is 0 Å². The van der Waals surface area contributed by atoms with Gasteiger partial charge >= 0.3 is 0 Å². The monoisotopic (exact) mass is 180 g/mol. The molecule has 1 heteroatoms. The molecule has 1 saturated carbocycles. The maximum atomic E-state index is 9.62. The summed E-state index contributed by atoms with van der Waals surface area (Å²) in [6, 6.07) is 0. The third-order valence-electron chi connectivity index (χ3n) is 2.67. The van der Waals surface area contributed by atoms with E-state index in [4.69, 9.17) is 0 Å². The molecular weight excluding hydrogens is 160 g/mol. The number of aliphatic hydroxyl groups excluding tert-OH is 1. The van der Waals surface area contributed by atoms with Crippen LogP contribution in [0.15, 0.2) is 0 Å². The van der Waals surface area contributed by atoms with Crippen LogP contribution in [0.25, 0.3) is 0 Å². The summed E-state index contributed by atoms with van der Waals surface area (Å²) < 4.78 is 0. The zero-order valence-electron chi connectivity index (χ0n) is 8.55. The van der Waals surface area contributed by atoms with E-state index < -0.39 is 0 Å². The lowest BCUT2D eigenvalue weighted by Gasteiger charge is -2.22. The van der Waals surface area contributed by atoms with Gasteiger partial charge in [-0.25, -0.2) is 0 Å². The fraction of sp³-hybridized carbons (Fsp3) is 0.833. The molecule has 0 spiro atoms. The molecule has 0 aromatic heterocycles. The second-order valence-electron chi connectivity index (χ2n) is 3.88. The minimum absolute atomic E-state index is 0.150. The molecule has 0 heterocycles. The Balaban J connectivity index is 2.27. The highest BCUT2D eigenvalue weighted by Gasteiger charge is 2.20. The van der Waals surface area contributed by atoms with Crippen molar-refractivity contribution in [3.8, 4) is 11.8 Å². The third kappa shape index (κ3) is 3.83. The number of rotatable bonds is 2. The van der Waals surface area contributed by atoms with Gasteiger partial charge in [0.25, 0.3) is 0 Å². The topological polar surface area (TPSA) is 20.2 Å². The van der Waals surface area contributed by atoms with Crippen LogP contribution in [0, 0.1) is 17.8 Å². The second kappa shape index (κ2) is 6.05. The van der Waals surface area contributed by atoms with E-state index in [9.17, 15) is 5.11 Å². The van der Waals surface area contributed by atoms with Crippen molar-refractivity contribution in [3.05, 3.63) is 0 Å². The van der Waals surface area contributed by atoms with Gasteiger partial charge < -0.3 is 5.11 Å². The summed E-state index contributed by atoms with van der Waals surface area (Å²) in [5.74, 6) is 6.65. The van der Waals surface area contributed by atoms with Crippen LogP contribution in [0.3, 0.4) is 0 Å². The van der Waals surface area contributed by atoms with Gasteiger partial charge in [0.15, 0.2) is 0 Å². The molecule has 74 valence electrons. The molecule has 1 aliphatic carbocycles. The average molecular weight is 180 g/mol. The Morgan fingerprint density at radius 2 is 2.08 bits per heavy atom. The highest BCUT2D eigenvalue weighted by molar-refractivity contribution is 5.06. The number of hydrogen-bond acceptors (Lipinski definition) is 1. The SMILES string of the molecule is CCCCC#CC1CCCCC1O. The molecule has 0 radical (unpaired) electrons. The fourth-order valence-corrected chi connectivity index (χ4v) is 1.75. The van der Waals surface area contributed by atoms with E-state index >= 15 is 0 Å². The van der Waals surface area contributed by atoms with E-state index in [1.807, 2.05) is 0 Å². The van der Waals surface area contributed by atoms with Gasteiger partial charge in [-0.1, -0.05) is 32.1 Å². The number of aliphatic hydroxyl groups is 1. The van der Waals surface area contributed by atoms with Crippen LogP contribution in [0.1, 0.15) is 51.9 Å². The molecule has 2 unspecified atom stereocenters. The molecule has 0 amide bonds. The van der Waals surface area contributed by atoms with Crippen molar-refractivity contribution in [3.63, 3.8) is 0 Å². The molecule has 1 fully saturated rings. The largest absolute Gasteiger partial charge is 0.392 e. The first-order valence-corrected chi connectivity index (χ1v) is 5.51. The molecule has 0 aromatic rings. The van der Waals surface area contributed by atoms with Gasteiger partial charge in [0, 0.05) is 12.3 Å². The van der Waals surface area contributed by atoms with Gasteiger partial charge in [-0.05, 0) is 19.3 Å². The van der Waals surface area contributed by atoms with E-state index in [2.05, 4.69) is 18.8 Å². The molecule has 0 aromatic carbocycles. The standard InChI is InChI=1S/C12H20O/c1-2-3-4-5-8-11-9-6-7-10-12(11)13/h11-13H,2-4,6-7,9-10H2,1H3. The van der Waals surface area contributed by atoms with Crippen molar-refractivity contribution in [2.45, 2.75) is 58.0 Å². The van der Waals surface area contributed by atoms with Crippen LogP contribution in [0.2, 0.25) is 0 Å². The first-order valence-electron chi connectivity index (χ1n) is 5.51. The van der Waals surface area contributed by atoms with E-state index in [1.54, 1.807) is 0 Å². The Labute approximate surface area is 81.5 Å². The van der Waals surface area contributed by atoms with E-state index in [0.717, 1.165) is 19.3 Å². The maximum absolute atomic E-state index is 9.62. The van der Waals surface area contributed by atoms with Gasteiger partial charge in [0.1, 0.15) is 0 Å². The first kappa shape index (κ1) is 10.6. The van der Waals surface area contributed by atoms with Crippen LogP contribution in [0.4, 0.5) is 0 Å². The predicted molar refractivity (Wildman–Crippen MR) is 55.3 cm³/mol. The first-order chi connectivity index (χ1) is 6.34. The highest BCUT2D eigenvalue weighted by Crippen LogP contribution is 2.23. The summed E-state index contributed by atoms with van der Waals surface area (Å²) in [6.07, 6.45) is 7.71. The van der Waals surface area contributed by atoms with Crippen molar-refractivity contribution < 1.29 is 5.11 Å². The van der Waals surface area contributed by atoms with Crippen LogP contribution < -0.4 is 0 Å². The summed E-state index contributed by atoms with van der Waals surface area (Å²) in [7, 11) is 0. The number of hydrogen-bond donors (Lipinski definition) is 1. The summed E-state index contributed by atoms with van der Waals surface area (Å²) >= 11 is 0. The molecule has 2 atom stereocenters. The lowest BCUT2D eigenvalue weighted by molar-refractivity contribution is 0.0969. The van der Waals surface area contributed by atoms with Crippen LogP contribution in [-0.2, 0) is 0 Å². The molecule has 0 saturated heterocycles. The number of unbranched alkanes of at least 4 members (excludes halogenated alkanes) is 2. The minimum atomic E-state index is -0.150. The van der Waals surface area contributed by atoms with Gasteiger partial charge in [-0.2, -0.15) is 0 Å². The minimum Gasteiger partial charge on any atom is -0.392 e. The average Bonchev–Trinajstić information content (AvgIpc) is 2.15. The summed E-state index contributed by atoms with van der Waals surface area (Å²) in [6.45, 7) is 2.18. The Hall–Kier alpha value is -0.480. The Morgan fingerprint density at radius 1 is 1.31 bits per heavy atom. The van der Waals surface area contributed by atoms with Crippen LogP contribution in [-0.4, -0.2) is 11.2 Å². The molecule has 1 nitrogen and oxygen atoms in total. The van der Waals surface area contributed by atoms with Gasteiger partial charge in [-0.15, -0.1) is 5.92 Å². The third-order valence-corrected chi connectivity index (χ3v) is 2.67. The molecule has 13 heavy (non-hydrogen) atoms. The zero-order valence-corrected chi connectivity index (χ0v) is 8.55. The molecular formula is C12H20O. The summed E-state index contributed by atoms with van der Waals surface area (Å²) in [4.78, 5) is 0. The van der Waals surface area contributed by atoms with Gasteiger partial charge in [0.05, 0.1) is 6.10 Å². The Morgan fingerprint density at radius 3 is 2.77 bits per heavy atom. The molecule has 1 rings (SSSR count).